The van der Waals surface area contributed by atoms with Crippen LogP contribution in [-0.4, -0.2) is 20.2 Å². The SMILES string of the molecule is Cc1nc2c(C(C)(C)C)[nH]nc2c(=O)[nH]1. The number of nitrogens with zero attached hydrogens (tertiary/aromatic N) is 2. The van der Waals surface area contributed by atoms with E-state index in [0.29, 0.717) is 16.9 Å². The minimum Gasteiger partial charge on any atom is -0.309 e. The molecule has 0 aromatic carbocycles. The molecule has 0 spiro atoms. The number of hydrogen-bond donors (Lipinski definition) is 2. The summed E-state index contributed by atoms with van der Waals surface area (Å²) in [4.78, 5) is 18.5. The van der Waals surface area contributed by atoms with Gasteiger partial charge in [0.25, 0.3) is 5.56 Å². The van der Waals surface area contributed by atoms with Gasteiger partial charge in [-0.3, -0.25) is 9.89 Å². The minimum absolute atomic E-state index is 0.0953. The molecule has 0 aliphatic carbocycles. The maximum Gasteiger partial charge on any atom is 0.279 e. The van der Waals surface area contributed by atoms with Crippen molar-refractivity contribution in [1.82, 2.24) is 20.2 Å². The molecule has 0 atom stereocenters. The molecule has 2 aromatic rings. The molecule has 2 aromatic heterocycles. The van der Waals surface area contributed by atoms with E-state index >= 15 is 0 Å². The van der Waals surface area contributed by atoms with E-state index in [-0.39, 0.29) is 11.0 Å². The van der Waals surface area contributed by atoms with Crippen molar-refractivity contribution < 1.29 is 0 Å². The zero-order chi connectivity index (χ0) is 11.2. The lowest BCUT2D eigenvalue weighted by atomic mass is 9.91. The van der Waals surface area contributed by atoms with E-state index in [2.05, 4.69) is 40.9 Å². The van der Waals surface area contributed by atoms with Gasteiger partial charge < -0.3 is 4.98 Å². The molecular formula is C10H14N4O. The van der Waals surface area contributed by atoms with Crippen LogP contribution in [0.2, 0.25) is 0 Å². The average molecular weight is 206 g/mol. The lowest BCUT2D eigenvalue weighted by Gasteiger charge is -2.15. The summed E-state index contributed by atoms with van der Waals surface area (Å²) in [5, 5.41) is 6.88. The van der Waals surface area contributed by atoms with Crippen molar-refractivity contribution >= 4 is 11.0 Å². The van der Waals surface area contributed by atoms with Crippen LogP contribution in [0.1, 0.15) is 32.3 Å². The Bertz CT molecular complexity index is 559. The Hall–Kier alpha value is -1.65. The molecule has 2 N–H and O–H groups in total. The molecular weight excluding hydrogens is 192 g/mol. The molecule has 2 rings (SSSR count). The number of aromatic nitrogens is 4. The van der Waals surface area contributed by atoms with Crippen LogP contribution in [0.15, 0.2) is 4.79 Å². The number of nitrogens with one attached hydrogen (secondary N) is 2. The molecule has 0 saturated heterocycles. The molecule has 0 fully saturated rings. The van der Waals surface area contributed by atoms with E-state index in [1.807, 2.05) is 0 Å². The van der Waals surface area contributed by atoms with Crippen LogP contribution in [-0.2, 0) is 5.41 Å². The molecule has 0 unspecified atom stereocenters. The van der Waals surface area contributed by atoms with Crippen LogP contribution in [0.5, 0.6) is 0 Å². The van der Waals surface area contributed by atoms with E-state index < -0.39 is 0 Å². The summed E-state index contributed by atoms with van der Waals surface area (Å²) < 4.78 is 0. The molecule has 80 valence electrons. The lowest BCUT2D eigenvalue weighted by molar-refractivity contribution is 0.570. The van der Waals surface area contributed by atoms with Crippen LogP contribution in [0, 0.1) is 6.92 Å². The third-order valence-electron chi connectivity index (χ3n) is 2.28. The summed E-state index contributed by atoms with van der Waals surface area (Å²) in [6, 6.07) is 0. The zero-order valence-electron chi connectivity index (χ0n) is 9.30. The fourth-order valence-electron chi connectivity index (χ4n) is 1.55. The second-order valence-electron chi connectivity index (χ2n) is 4.70. The zero-order valence-corrected chi connectivity index (χ0v) is 9.30. The van der Waals surface area contributed by atoms with Gasteiger partial charge in [-0.15, -0.1) is 0 Å². The maximum atomic E-state index is 11.6. The van der Waals surface area contributed by atoms with Gasteiger partial charge in [0.05, 0.1) is 5.69 Å². The standard InChI is InChI=1S/C10H14N4O/c1-5-11-6-7(9(15)12-5)13-14-8(6)10(2,3)4/h1-4H3,(H,13,14)(H,11,12,15). The van der Waals surface area contributed by atoms with Crippen LogP contribution < -0.4 is 5.56 Å². The Morgan fingerprint density at radius 2 is 1.87 bits per heavy atom. The molecule has 0 saturated carbocycles. The van der Waals surface area contributed by atoms with Gasteiger partial charge in [0.1, 0.15) is 11.3 Å². The van der Waals surface area contributed by atoms with Gasteiger partial charge in [-0.2, -0.15) is 5.10 Å². The minimum atomic E-state index is -0.191. The predicted octanol–water partition coefficient (Wildman–Crippen LogP) is 1.25. The highest BCUT2D eigenvalue weighted by molar-refractivity contribution is 5.76. The van der Waals surface area contributed by atoms with E-state index in [4.69, 9.17) is 0 Å². The molecule has 5 nitrogen and oxygen atoms in total. The molecule has 15 heavy (non-hydrogen) atoms. The van der Waals surface area contributed by atoms with Gasteiger partial charge in [0.15, 0.2) is 5.52 Å². The molecule has 0 aliphatic heterocycles. The summed E-state index contributed by atoms with van der Waals surface area (Å²) >= 11 is 0. The Morgan fingerprint density at radius 1 is 1.20 bits per heavy atom. The molecule has 5 heteroatoms. The average Bonchev–Trinajstić information content (AvgIpc) is 2.45. The Kier molecular flexibility index (Phi) is 1.92. The largest absolute Gasteiger partial charge is 0.309 e. The summed E-state index contributed by atoms with van der Waals surface area (Å²) in [6.45, 7) is 7.93. The summed E-state index contributed by atoms with van der Waals surface area (Å²) in [7, 11) is 0. The topological polar surface area (TPSA) is 74.4 Å². The highest BCUT2D eigenvalue weighted by Gasteiger charge is 2.21. The second kappa shape index (κ2) is 2.92. The second-order valence-corrected chi connectivity index (χ2v) is 4.70. The molecule has 0 radical (unpaired) electrons. The first-order chi connectivity index (χ1) is 6.89. The van der Waals surface area contributed by atoms with Crippen molar-refractivity contribution in [3.8, 4) is 0 Å². The third-order valence-corrected chi connectivity index (χ3v) is 2.28. The molecule has 0 bridgehead atoms. The molecule has 2 heterocycles. The van der Waals surface area contributed by atoms with Crippen molar-refractivity contribution in [3.63, 3.8) is 0 Å². The third kappa shape index (κ3) is 1.54. The van der Waals surface area contributed by atoms with E-state index in [1.165, 1.54) is 0 Å². The number of rotatable bonds is 0. The number of aryl methyl sites for hydroxylation is 1. The quantitative estimate of drug-likeness (QED) is 0.681. The number of aromatic amines is 2. The van der Waals surface area contributed by atoms with Crippen LogP contribution >= 0.6 is 0 Å². The van der Waals surface area contributed by atoms with Gasteiger partial charge >= 0.3 is 0 Å². The van der Waals surface area contributed by atoms with E-state index in [0.717, 1.165) is 5.69 Å². The van der Waals surface area contributed by atoms with Crippen LogP contribution in [0.3, 0.4) is 0 Å². The van der Waals surface area contributed by atoms with Gasteiger partial charge in [-0.1, -0.05) is 20.8 Å². The predicted molar refractivity (Wildman–Crippen MR) is 57.9 cm³/mol. The van der Waals surface area contributed by atoms with Crippen molar-refractivity contribution in [2.45, 2.75) is 33.1 Å². The fraction of sp³-hybridized carbons (Fsp3) is 0.500. The smallest absolute Gasteiger partial charge is 0.279 e. The Balaban J connectivity index is 2.86. The Morgan fingerprint density at radius 3 is 2.47 bits per heavy atom. The molecule has 0 amide bonds. The Labute approximate surface area is 86.9 Å². The van der Waals surface area contributed by atoms with Crippen molar-refractivity contribution in [2.75, 3.05) is 0 Å². The van der Waals surface area contributed by atoms with Gasteiger partial charge in [0.2, 0.25) is 0 Å². The molecule has 0 aliphatic rings. The van der Waals surface area contributed by atoms with Crippen molar-refractivity contribution in [3.05, 3.63) is 21.9 Å². The first kappa shape index (κ1) is 9.89. The highest BCUT2D eigenvalue weighted by atomic mass is 16.1. The van der Waals surface area contributed by atoms with Gasteiger partial charge in [0, 0.05) is 5.41 Å². The number of fused-ring (bicyclic) bond motifs is 1. The van der Waals surface area contributed by atoms with E-state index in [1.54, 1.807) is 6.92 Å². The van der Waals surface area contributed by atoms with Gasteiger partial charge in [-0.05, 0) is 6.92 Å². The first-order valence-electron chi connectivity index (χ1n) is 4.85. The number of hydrogen-bond acceptors (Lipinski definition) is 3. The summed E-state index contributed by atoms with van der Waals surface area (Å²) in [5.41, 5.74) is 1.66. The lowest BCUT2D eigenvalue weighted by Crippen LogP contribution is -2.14. The van der Waals surface area contributed by atoms with Crippen molar-refractivity contribution in [1.29, 1.82) is 0 Å². The van der Waals surface area contributed by atoms with Gasteiger partial charge in [-0.25, -0.2) is 4.98 Å². The van der Waals surface area contributed by atoms with Crippen LogP contribution in [0.4, 0.5) is 0 Å². The summed E-state index contributed by atoms with van der Waals surface area (Å²) in [5.74, 6) is 0.611. The maximum absolute atomic E-state index is 11.6. The summed E-state index contributed by atoms with van der Waals surface area (Å²) in [6.07, 6.45) is 0. The van der Waals surface area contributed by atoms with Crippen LogP contribution in [0.25, 0.3) is 11.0 Å². The first-order valence-corrected chi connectivity index (χ1v) is 4.85. The fourth-order valence-corrected chi connectivity index (χ4v) is 1.55. The number of H-pyrrole nitrogens is 2. The monoisotopic (exact) mass is 206 g/mol. The normalized spacial score (nSPS) is 12.3. The van der Waals surface area contributed by atoms with Crippen molar-refractivity contribution in [2.24, 2.45) is 0 Å². The van der Waals surface area contributed by atoms with E-state index in [9.17, 15) is 4.79 Å². The highest BCUT2D eigenvalue weighted by Crippen LogP contribution is 2.24.